The van der Waals surface area contributed by atoms with E-state index in [1.807, 2.05) is 31.2 Å². The first kappa shape index (κ1) is 10.4. The quantitative estimate of drug-likeness (QED) is 0.604. The van der Waals surface area contributed by atoms with E-state index >= 15 is 0 Å². The summed E-state index contributed by atoms with van der Waals surface area (Å²) in [5, 5.41) is 9.29. The van der Waals surface area contributed by atoms with E-state index in [1.54, 1.807) is 0 Å². The average molecular weight is 154 g/mol. The maximum atomic E-state index is 9.29. The molecule has 0 aliphatic heterocycles. The maximum absolute atomic E-state index is 9.29. The van der Waals surface area contributed by atoms with E-state index in [-0.39, 0.29) is 6.10 Å². The second-order valence-electron chi connectivity index (χ2n) is 2.62. The van der Waals surface area contributed by atoms with Crippen molar-refractivity contribution >= 4 is 0 Å². The van der Waals surface area contributed by atoms with Crippen molar-refractivity contribution in [1.29, 1.82) is 0 Å². The molecule has 0 radical (unpaired) electrons. The Morgan fingerprint density at radius 3 is 2.64 bits per heavy atom. The molecule has 0 amide bonds. The van der Waals surface area contributed by atoms with Gasteiger partial charge in [0.1, 0.15) is 0 Å². The van der Waals surface area contributed by atoms with Gasteiger partial charge in [-0.3, -0.25) is 0 Å². The van der Waals surface area contributed by atoms with Gasteiger partial charge in [0.15, 0.2) is 0 Å². The molecule has 0 spiro atoms. The molecule has 64 valence electrons. The van der Waals surface area contributed by atoms with Gasteiger partial charge in [-0.1, -0.05) is 44.1 Å². The Kier molecular flexibility index (Phi) is 7.16. The Balaban J connectivity index is 3.42. The minimum Gasteiger partial charge on any atom is -0.389 e. The van der Waals surface area contributed by atoms with Crippen LogP contribution in [-0.4, -0.2) is 11.2 Å². The van der Waals surface area contributed by atoms with Crippen molar-refractivity contribution < 1.29 is 5.11 Å². The minimum atomic E-state index is -0.258. The van der Waals surface area contributed by atoms with E-state index in [4.69, 9.17) is 0 Å². The van der Waals surface area contributed by atoms with Crippen LogP contribution in [0.5, 0.6) is 0 Å². The molecular formula is C10H18O. The molecule has 1 unspecified atom stereocenters. The normalized spacial score (nSPS) is 14.8. The smallest absolute Gasteiger partial charge is 0.0723 e. The highest BCUT2D eigenvalue weighted by Gasteiger charge is 1.94. The fourth-order valence-corrected chi connectivity index (χ4v) is 0.813. The number of unbranched alkanes of at least 4 members (excludes halogenated alkanes) is 1. The molecule has 1 atom stereocenters. The highest BCUT2D eigenvalue weighted by molar-refractivity contribution is 5.03. The Morgan fingerprint density at radius 1 is 1.36 bits per heavy atom. The van der Waals surface area contributed by atoms with Gasteiger partial charge in [-0.25, -0.2) is 0 Å². The van der Waals surface area contributed by atoms with Crippen molar-refractivity contribution in [1.82, 2.24) is 0 Å². The largest absolute Gasteiger partial charge is 0.389 e. The van der Waals surface area contributed by atoms with Crippen LogP contribution in [0.25, 0.3) is 0 Å². The van der Waals surface area contributed by atoms with Crippen molar-refractivity contribution in [2.45, 2.75) is 39.2 Å². The molecule has 0 aliphatic carbocycles. The molecule has 1 nitrogen and oxygen atoms in total. The van der Waals surface area contributed by atoms with Gasteiger partial charge in [0.2, 0.25) is 0 Å². The van der Waals surface area contributed by atoms with Gasteiger partial charge in [-0.15, -0.1) is 0 Å². The zero-order chi connectivity index (χ0) is 8.53. The molecule has 0 aromatic rings. The van der Waals surface area contributed by atoms with Gasteiger partial charge in [-0.2, -0.15) is 0 Å². The lowest BCUT2D eigenvalue weighted by molar-refractivity contribution is 0.209. The third-order valence-corrected chi connectivity index (χ3v) is 1.49. The molecule has 0 saturated carbocycles. The minimum absolute atomic E-state index is 0.258. The number of hydrogen-bond donors (Lipinski definition) is 1. The lowest BCUT2D eigenvalue weighted by Crippen LogP contribution is -2.00. The summed E-state index contributed by atoms with van der Waals surface area (Å²) in [6.07, 6.45) is 10.5. The standard InChI is InChI=1S/C10H18O/c1-3-5-7-9-10(11)8-6-4-2/h3,5,7,9-11H,4,6,8H2,1-2H3. The summed E-state index contributed by atoms with van der Waals surface area (Å²) >= 11 is 0. The Bertz CT molecular complexity index is 125. The number of rotatable bonds is 5. The van der Waals surface area contributed by atoms with Crippen LogP contribution >= 0.6 is 0 Å². The van der Waals surface area contributed by atoms with E-state index in [2.05, 4.69) is 6.92 Å². The lowest BCUT2D eigenvalue weighted by atomic mass is 10.1. The SMILES string of the molecule is CC=CC=CC(O)CCCC. The molecular weight excluding hydrogens is 136 g/mol. The van der Waals surface area contributed by atoms with Crippen LogP contribution in [0.4, 0.5) is 0 Å². The summed E-state index contributed by atoms with van der Waals surface area (Å²) in [7, 11) is 0. The fraction of sp³-hybridized carbons (Fsp3) is 0.600. The van der Waals surface area contributed by atoms with E-state index in [0.717, 1.165) is 19.3 Å². The van der Waals surface area contributed by atoms with Crippen molar-refractivity contribution in [2.24, 2.45) is 0 Å². The fourth-order valence-electron chi connectivity index (χ4n) is 0.813. The monoisotopic (exact) mass is 154 g/mol. The predicted octanol–water partition coefficient (Wildman–Crippen LogP) is 2.67. The van der Waals surface area contributed by atoms with Gasteiger partial charge < -0.3 is 5.11 Å². The summed E-state index contributed by atoms with van der Waals surface area (Å²) in [5.74, 6) is 0. The second-order valence-corrected chi connectivity index (χ2v) is 2.62. The zero-order valence-electron chi connectivity index (χ0n) is 7.46. The van der Waals surface area contributed by atoms with Crippen LogP contribution in [0, 0.1) is 0 Å². The Morgan fingerprint density at radius 2 is 2.09 bits per heavy atom. The van der Waals surface area contributed by atoms with E-state index in [9.17, 15) is 5.11 Å². The molecule has 0 heterocycles. The van der Waals surface area contributed by atoms with Crippen LogP contribution in [0.1, 0.15) is 33.1 Å². The van der Waals surface area contributed by atoms with E-state index in [1.165, 1.54) is 0 Å². The molecule has 0 aliphatic rings. The lowest BCUT2D eigenvalue weighted by Gasteiger charge is -2.01. The number of aliphatic hydroxyl groups is 1. The Hall–Kier alpha value is -0.560. The van der Waals surface area contributed by atoms with Crippen molar-refractivity contribution in [3.63, 3.8) is 0 Å². The predicted molar refractivity (Wildman–Crippen MR) is 49.5 cm³/mol. The number of hydrogen-bond acceptors (Lipinski definition) is 1. The van der Waals surface area contributed by atoms with Gasteiger partial charge >= 0.3 is 0 Å². The first-order chi connectivity index (χ1) is 5.31. The molecule has 0 bridgehead atoms. The third-order valence-electron chi connectivity index (χ3n) is 1.49. The van der Waals surface area contributed by atoms with Crippen LogP contribution in [0.3, 0.4) is 0 Å². The highest BCUT2D eigenvalue weighted by atomic mass is 16.3. The molecule has 0 fully saturated rings. The third kappa shape index (κ3) is 7.34. The Labute approximate surface area is 69.4 Å². The van der Waals surface area contributed by atoms with Crippen LogP contribution in [0.2, 0.25) is 0 Å². The first-order valence-electron chi connectivity index (χ1n) is 4.28. The summed E-state index contributed by atoms with van der Waals surface area (Å²) in [6, 6.07) is 0. The maximum Gasteiger partial charge on any atom is 0.0723 e. The van der Waals surface area contributed by atoms with E-state index < -0.39 is 0 Å². The first-order valence-corrected chi connectivity index (χ1v) is 4.28. The molecule has 0 aromatic carbocycles. The zero-order valence-corrected chi connectivity index (χ0v) is 7.46. The molecule has 0 aromatic heterocycles. The summed E-state index contributed by atoms with van der Waals surface area (Å²) in [4.78, 5) is 0. The highest BCUT2D eigenvalue weighted by Crippen LogP contribution is 2.00. The number of allylic oxidation sites excluding steroid dienone is 3. The molecule has 1 heteroatoms. The molecule has 1 N–H and O–H groups in total. The van der Waals surface area contributed by atoms with Gasteiger partial charge in [-0.05, 0) is 13.3 Å². The summed E-state index contributed by atoms with van der Waals surface area (Å²) < 4.78 is 0. The number of aliphatic hydroxyl groups excluding tert-OH is 1. The van der Waals surface area contributed by atoms with Gasteiger partial charge in [0, 0.05) is 0 Å². The van der Waals surface area contributed by atoms with Crippen LogP contribution < -0.4 is 0 Å². The average Bonchev–Trinajstić information content (AvgIpc) is 2.01. The molecule has 0 rings (SSSR count). The van der Waals surface area contributed by atoms with Crippen molar-refractivity contribution in [3.8, 4) is 0 Å². The molecule has 0 saturated heterocycles. The summed E-state index contributed by atoms with van der Waals surface area (Å²) in [6.45, 7) is 4.09. The van der Waals surface area contributed by atoms with Gasteiger partial charge in [0.25, 0.3) is 0 Å². The van der Waals surface area contributed by atoms with E-state index in [0.29, 0.717) is 0 Å². The summed E-state index contributed by atoms with van der Waals surface area (Å²) in [5.41, 5.74) is 0. The van der Waals surface area contributed by atoms with Crippen LogP contribution in [0.15, 0.2) is 24.3 Å². The second kappa shape index (κ2) is 7.55. The van der Waals surface area contributed by atoms with Crippen LogP contribution in [-0.2, 0) is 0 Å². The molecule has 11 heavy (non-hydrogen) atoms. The van der Waals surface area contributed by atoms with Gasteiger partial charge in [0.05, 0.1) is 6.10 Å². The topological polar surface area (TPSA) is 20.2 Å². The van der Waals surface area contributed by atoms with Crippen molar-refractivity contribution in [2.75, 3.05) is 0 Å². The van der Waals surface area contributed by atoms with Crippen molar-refractivity contribution in [3.05, 3.63) is 24.3 Å².